The topological polar surface area (TPSA) is 149 Å². The Morgan fingerprint density at radius 1 is 0.700 bits per heavy atom. The average molecular weight is 584 g/mol. The van der Waals surface area contributed by atoms with Crippen molar-refractivity contribution >= 4 is 48.4 Å². The van der Waals surface area contributed by atoms with E-state index >= 15 is 0 Å². The average Bonchev–Trinajstić information content (AvgIpc) is 2.97. The number of para-hydroxylation sites is 2. The highest BCUT2D eigenvalue weighted by Gasteiger charge is 2.27. The zero-order chi connectivity index (χ0) is 27.7. The summed E-state index contributed by atoms with van der Waals surface area (Å²) >= 11 is 0. The molecular weight excluding hydrogens is 558 g/mol. The summed E-state index contributed by atoms with van der Waals surface area (Å²) in [6, 6.07) is 17.6. The van der Waals surface area contributed by atoms with Gasteiger partial charge in [0.25, 0.3) is 10.0 Å². The second kappa shape index (κ2) is 10.5. The van der Waals surface area contributed by atoms with Gasteiger partial charge in [0.15, 0.2) is 23.1 Å². The molecule has 3 heterocycles. The Hall–Kier alpha value is -3.98. The van der Waals surface area contributed by atoms with E-state index in [0.29, 0.717) is 54.6 Å². The molecule has 4 aromatic rings. The van der Waals surface area contributed by atoms with E-state index in [1.165, 1.54) is 34.6 Å². The first-order valence-corrected chi connectivity index (χ1v) is 15.4. The van der Waals surface area contributed by atoms with Gasteiger partial charge in [-0.3, -0.25) is 4.72 Å². The predicted octanol–water partition coefficient (Wildman–Crippen LogP) is 2.97. The number of nitrogens with zero attached hydrogens (tertiary/aromatic N) is 3. The molecule has 12 nitrogen and oxygen atoms in total. The summed E-state index contributed by atoms with van der Waals surface area (Å²) in [6.45, 7) is 1.89. The number of benzene rings is 3. The molecule has 14 heteroatoms. The van der Waals surface area contributed by atoms with Gasteiger partial charge in [0.1, 0.15) is 13.2 Å². The van der Waals surface area contributed by atoms with Gasteiger partial charge in [-0.05, 0) is 42.5 Å². The first-order valence-electron chi connectivity index (χ1n) is 12.4. The van der Waals surface area contributed by atoms with Crippen molar-refractivity contribution in [2.45, 2.75) is 9.79 Å². The molecule has 208 valence electrons. The quantitative estimate of drug-likeness (QED) is 0.333. The second-order valence-electron chi connectivity index (χ2n) is 8.99. The monoisotopic (exact) mass is 583 g/mol. The van der Waals surface area contributed by atoms with Crippen LogP contribution < -0.4 is 19.5 Å². The first-order chi connectivity index (χ1) is 19.3. The maximum Gasteiger partial charge on any atom is 0.263 e. The smallest absolute Gasteiger partial charge is 0.263 e. The summed E-state index contributed by atoms with van der Waals surface area (Å²) in [5.74, 6) is 0.830. The van der Waals surface area contributed by atoms with E-state index < -0.39 is 20.0 Å². The lowest BCUT2D eigenvalue weighted by molar-refractivity contribution is 0.0730. The van der Waals surface area contributed by atoms with Crippen LogP contribution in [0.2, 0.25) is 0 Å². The van der Waals surface area contributed by atoms with Gasteiger partial charge in [-0.25, -0.2) is 26.8 Å². The standard InChI is InChI=1S/C26H25N5O7S2/c32-39(33,19-8-9-23-24(17-19)38-15-14-37-23)30-26-25(28-21-6-1-2-7-22(21)29-26)27-18-4-3-5-20(16-18)40(34,35)31-10-12-36-13-11-31/h1-9,16-17H,10-15H2,(H,27,28)(H,29,30). The normalized spacial score (nSPS) is 16.0. The van der Waals surface area contributed by atoms with E-state index in [0.717, 1.165) is 0 Å². The summed E-state index contributed by atoms with van der Waals surface area (Å²) in [5.41, 5.74) is 1.37. The molecule has 3 aromatic carbocycles. The third-order valence-corrected chi connectivity index (χ3v) is 9.56. The van der Waals surface area contributed by atoms with E-state index in [1.54, 1.807) is 36.4 Å². The number of nitrogens with one attached hydrogen (secondary N) is 2. The summed E-state index contributed by atoms with van der Waals surface area (Å²) in [6.07, 6.45) is 0. The molecule has 40 heavy (non-hydrogen) atoms. The highest BCUT2D eigenvalue weighted by molar-refractivity contribution is 7.92. The van der Waals surface area contributed by atoms with Crippen LogP contribution in [0.5, 0.6) is 11.5 Å². The molecule has 0 aliphatic carbocycles. The molecule has 0 spiro atoms. The molecule has 1 saturated heterocycles. The summed E-state index contributed by atoms with van der Waals surface area (Å²) in [7, 11) is -7.87. The molecule has 0 radical (unpaired) electrons. The van der Waals surface area contributed by atoms with Crippen LogP contribution in [0.1, 0.15) is 0 Å². The third kappa shape index (κ3) is 5.25. The number of hydrogen-bond acceptors (Lipinski definition) is 10. The molecule has 0 bridgehead atoms. The van der Waals surface area contributed by atoms with Crippen molar-refractivity contribution in [3.05, 3.63) is 66.7 Å². The minimum atomic E-state index is -4.12. The van der Waals surface area contributed by atoms with E-state index in [4.69, 9.17) is 14.2 Å². The van der Waals surface area contributed by atoms with E-state index in [1.807, 2.05) is 0 Å². The van der Waals surface area contributed by atoms with Crippen LogP contribution in [0.25, 0.3) is 11.0 Å². The third-order valence-electron chi connectivity index (χ3n) is 6.33. The molecule has 6 rings (SSSR count). The van der Waals surface area contributed by atoms with Crippen LogP contribution in [0.4, 0.5) is 17.3 Å². The van der Waals surface area contributed by atoms with Gasteiger partial charge in [0.2, 0.25) is 10.0 Å². The number of aromatic nitrogens is 2. The van der Waals surface area contributed by atoms with Gasteiger partial charge in [-0.1, -0.05) is 18.2 Å². The number of rotatable bonds is 7. The van der Waals surface area contributed by atoms with Gasteiger partial charge >= 0.3 is 0 Å². The molecule has 1 aromatic heterocycles. The zero-order valence-electron chi connectivity index (χ0n) is 21.1. The fraction of sp³-hybridized carbons (Fsp3) is 0.231. The van der Waals surface area contributed by atoms with Gasteiger partial charge < -0.3 is 19.5 Å². The predicted molar refractivity (Wildman–Crippen MR) is 147 cm³/mol. The van der Waals surface area contributed by atoms with Gasteiger partial charge in [0.05, 0.1) is 34.0 Å². The maximum absolute atomic E-state index is 13.4. The molecule has 2 N–H and O–H groups in total. The van der Waals surface area contributed by atoms with Crippen LogP contribution >= 0.6 is 0 Å². The van der Waals surface area contributed by atoms with Crippen molar-refractivity contribution < 1.29 is 31.0 Å². The Balaban J connectivity index is 1.35. The molecular formula is C26H25N5O7S2. The molecule has 0 atom stereocenters. The minimum Gasteiger partial charge on any atom is -0.486 e. The highest BCUT2D eigenvalue weighted by Crippen LogP contribution is 2.34. The van der Waals surface area contributed by atoms with Crippen LogP contribution in [0.3, 0.4) is 0 Å². The lowest BCUT2D eigenvalue weighted by Gasteiger charge is -2.26. The molecule has 2 aliphatic rings. The number of sulfonamides is 2. The first kappa shape index (κ1) is 26.3. The second-order valence-corrected chi connectivity index (χ2v) is 12.6. The van der Waals surface area contributed by atoms with Crippen molar-refractivity contribution in [3.8, 4) is 11.5 Å². The van der Waals surface area contributed by atoms with Gasteiger partial charge in [-0.15, -0.1) is 0 Å². The molecule has 0 saturated carbocycles. The van der Waals surface area contributed by atoms with Gasteiger partial charge in [-0.2, -0.15) is 4.31 Å². The number of ether oxygens (including phenoxy) is 3. The van der Waals surface area contributed by atoms with Crippen LogP contribution in [-0.4, -0.2) is 70.6 Å². The van der Waals surface area contributed by atoms with Crippen molar-refractivity contribution in [2.24, 2.45) is 0 Å². The molecule has 0 amide bonds. The Morgan fingerprint density at radius 2 is 1.40 bits per heavy atom. The molecule has 0 unspecified atom stereocenters. The molecule has 2 aliphatic heterocycles. The molecule has 1 fully saturated rings. The van der Waals surface area contributed by atoms with Crippen LogP contribution in [0, 0.1) is 0 Å². The van der Waals surface area contributed by atoms with Crippen molar-refractivity contribution in [2.75, 3.05) is 49.6 Å². The highest BCUT2D eigenvalue weighted by atomic mass is 32.2. The summed E-state index contributed by atoms with van der Waals surface area (Å²) in [5, 5.41) is 3.05. The van der Waals surface area contributed by atoms with Crippen molar-refractivity contribution in [1.82, 2.24) is 14.3 Å². The number of hydrogen-bond donors (Lipinski definition) is 2. The Bertz CT molecular complexity index is 1790. The van der Waals surface area contributed by atoms with E-state index in [9.17, 15) is 16.8 Å². The maximum atomic E-state index is 13.4. The number of morpholine rings is 1. The van der Waals surface area contributed by atoms with Gasteiger partial charge in [0, 0.05) is 24.8 Å². The fourth-order valence-corrected chi connectivity index (χ4v) is 6.82. The van der Waals surface area contributed by atoms with E-state index in [-0.39, 0.29) is 34.5 Å². The fourth-order valence-electron chi connectivity index (χ4n) is 4.34. The number of fused-ring (bicyclic) bond motifs is 2. The lowest BCUT2D eigenvalue weighted by atomic mass is 10.3. The van der Waals surface area contributed by atoms with Crippen molar-refractivity contribution in [1.29, 1.82) is 0 Å². The summed E-state index contributed by atoms with van der Waals surface area (Å²) in [4.78, 5) is 9.13. The largest absolute Gasteiger partial charge is 0.486 e. The summed E-state index contributed by atoms with van der Waals surface area (Å²) < 4.78 is 73.3. The Labute approximate surface area is 231 Å². The van der Waals surface area contributed by atoms with E-state index in [2.05, 4.69) is 20.0 Å². The SMILES string of the molecule is O=S(=O)(Nc1nc2ccccc2nc1Nc1cccc(S(=O)(=O)N2CCOCC2)c1)c1ccc2c(c1)OCCO2. The lowest BCUT2D eigenvalue weighted by Crippen LogP contribution is -2.40. The van der Waals surface area contributed by atoms with Crippen LogP contribution in [-0.2, 0) is 24.8 Å². The van der Waals surface area contributed by atoms with Crippen LogP contribution in [0.15, 0.2) is 76.5 Å². The zero-order valence-corrected chi connectivity index (χ0v) is 22.7. The van der Waals surface area contributed by atoms with Crippen molar-refractivity contribution in [3.63, 3.8) is 0 Å². The Morgan fingerprint density at radius 3 is 2.15 bits per heavy atom. The number of anilines is 3. The minimum absolute atomic E-state index is 0.0451. The Kier molecular flexibility index (Phi) is 6.92.